The number of rotatable bonds is 3. The summed E-state index contributed by atoms with van der Waals surface area (Å²) in [6, 6.07) is 14.4. The molecule has 0 spiro atoms. The smallest absolute Gasteiger partial charge is 0.276 e. The molecule has 0 N–H and O–H groups in total. The van der Waals surface area contributed by atoms with Gasteiger partial charge in [-0.1, -0.05) is 36.0 Å². The van der Waals surface area contributed by atoms with Gasteiger partial charge in [-0.05, 0) is 48.9 Å². The molecule has 0 bridgehead atoms. The summed E-state index contributed by atoms with van der Waals surface area (Å²) >= 11 is 1.48. The number of benzene rings is 2. The Morgan fingerprint density at radius 3 is 2.77 bits per heavy atom. The summed E-state index contributed by atoms with van der Waals surface area (Å²) in [5, 5.41) is 0.746. The third-order valence-corrected chi connectivity index (χ3v) is 5.21. The molecule has 0 unspecified atom stereocenters. The first kappa shape index (κ1) is 16.8. The molecule has 6 heteroatoms. The minimum atomic E-state index is -0.329. The van der Waals surface area contributed by atoms with Crippen LogP contribution in [-0.4, -0.2) is 28.3 Å². The van der Waals surface area contributed by atoms with E-state index in [0.29, 0.717) is 17.9 Å². The second-order valence-corrected chi connectivity index (χ2v) is 6.91. The van der Waals surface area contributed by atoms with Crippen LogP contribution in [0.4, 0.5) is 10.1 Å². The zero-order valence-electron chi connectivity index (χ0n) is 14.4. The van der Waals surface area contributed by atoms with Gasteiger partial charge in [-0.2, -0.15) is 0 Å². The van der Waals surface area contributed by atoms with Crippen LogP contribution in [0.5, 0.6) is 0 Å². The summed E-state index contributed by atoms with van der Waals surface area (Å²) in [5.41, 5.74) is 3.03. The SMILES string of the molecule is CSc1ncc(C(=O)N2CCCc3ccc(F)cc32)n1-c1ccccc1. The van der Waals surface area contributed by atoms with Gasteiger partial charge in [0, 0.05) is 12.2 Å². The van der Waals surface area contributed by atoms with Crippen molar-refractivity contribution in [2.45, 2.75) is 18.0 Å². The Bertz CT molecular complexity index is 955. The van der Waals surface area contributed by atoms with Crippen molar-refractivity contribution in [1.29, 1.82) is 0 Å². The molecule has 132 valence electrons. The maximum absolute atomic E-state index is 13.8. The van der Waals surface area contributed by atoms with E-state index in [2.05, 4.69) is 4.98 Å². The van der Waals surface area contributed by atoms with Gasteiger partial charge >= 0.3 is 0 Å². The molecule has 1 amide bonds. The molecule has 2 heterocycles. The highest BCUT2D eigenvalue weighted by Crippen LogP contribution is 2.30. The second-order valence-electron chi connectivity index (χ2n) is 6.13. The maximum atomic E-state index is 13.8. The summed E-state index contributed by atoms with van der Waals surface area (Å²) in [5.74, 6) is -0.488. The van der Waals surface area contributed by atoms with Crippen molar-refractivity contribution in [3.63, 3.8) is 0 Å². The first-order chi connectivity index (χ1) is 12.7. The number of thioether (sulfide) groups is 1. The summed E-state index contributed by atoms with van der Waals surface area (Å²) in [4.78, 5) is 19.4. The number of halogens is 1. The summed E-state index contributed by atoms with van der Waals surface area (Å²) in [6.07, 6.45) is 5.25. The highest BCUT2D eigenvalue weighted by Gasteiger charge is 2.27. The number of hydrogen-bond donors (Lipinski definition) is 0. The Balaban J connectivity index is 1.80. The monoisotopic (exact) mass is 367 g/mol. The highest BCUT2D eigenvalue weighted by molar-refractivity contribution is 7.98. The van der Waals surface area contributed by atoms with Crippen LogP contribution >= 0.6 is 11.8 Å². The van der Waals surface area contributed by atoms with E-state index in [1.165, 1.54) is 23.9 Å². The number of para-hydroxylation sites is 1. The van der Waals surface area contributed by atoms with Crippen molar-refractivity contribution in [3.8, 4) is 5.69 Å². The van der Waals surface area contributed by atoms with Gasteiger partial charge in [-0.25, -0.2) is 9.37 Å². The lowest BCUT2D eigenvalue weighted by Crippen LogP contribution is -2.36. The van der Waals surface area contributed by atoms with Crippen molar-refractivity contribution in [3.05, 3.63) is 71.8 Å². The molecule has 0 atom stereocenters. The number of nitrogens with zero attached hydrogens (tertiary/aromatic N) is 3. The highest BCUT2D eigenvalue weighted by atomic mass is 32.2. The van der Waals surface area contributed by atoms with Crippen molar-refractivity contribution >= 4 is 23.4 Å². The average molecular weight is 367 g/mol. The predicted molar refractivity (Wildman–Crippen MR) is 102 cm³/mol. The van der Waals surface area contributed by atoms with Gasteiger partial charge in [0.2, 0.25) is 0 Å². The van der Waals surface area contributed by atoms with Crippen LogP contribution in [0.2, 0.25) is 0 Å². The largest absolute Gasteiger partial charge is 0.307 e. The lowest BCUT2D eigenvalue weighted by molar-refractivity contribution is 0.0978. The van der Waals surface area contributed by atoms with Crippen LogP contribution in [-0.2, 0) is 6.42 Å². The van der Waals surface area contributed by atoms with E-state index < -0.39 is 0 Å². The molecule has 3 aromatic rings. The zero-order valence-corrected chi connectivity index (χ0v) is 15.2. The number of carbonyl (C=O) groups excluding carboxylic acids is 1. The Morgan fingerprint density at radius 1 is 1.19 bits per heavy atom. The number of imidazole rings is 1. The molecule has 0 saturated carbocycles. The number of carbonyl (C=O) groups is 1. The molecular weight excluding hydrogens is 349 g/mol. The number of aryl methyl sites for hydroxylation is 1. The number of hydrogen-bond acceptors (Lipinski definition) is 3. The molecule has 0 aliphatic carbocycles. The normalized spacial score (nSPS) is 13.5. The third kappa shape index (κ3) is 2.90. The van der Waals surface area contributed by atoms with Crippen molar-refractivity contribution in [1.82, 2.24) is 9.55 Å². The first-order valence-corrected chi connectivity index (χ1v) is 9.69. The lowest BCUT2D eigenvalue weighted by Gasteiger charge is -2.29. The van der Waals surface area contributed by atoms with Crippen LogP contribution in [0, 0.1) is 5.82 Å². The van der Waals surface area contributed by atoms with Gasteiger partial charge in [0.15, 0.2) is 5.16 Å². The summed E-state index contributed by atoms with van der Waals surface area (Å²) < 4.78 is 15.6. The minimum Gasteiger partial charge on any atom is -0.307 e. The van der Waals surface area contributed by atoms with E-state index in [1.54, 1.807) is 17.2 Å². The Kier molecular flexibility index (Phi) is 4.51. The number of fused-ring (bicyclic) bond motifs is 1. The van der Waals surface area contributed by atoms with E-state index in [0.717, 1.165) is 29.2 Å². The average Bonchev–Trinajstić information content (AvgIpc) is 3.11. The van der Waals surface area contributed by atoms with E-state index in [4.69, 9.17) is 0 Å². The summed E-state index contributed by atoms with van der Waals surface area (Å²) in [6.45, 7) is 0.573. The van der Waals surface area contributed by atoms with E-state index in [1.807, 2.05) is 41.2 Å². The van der Waals surface area contributed by atoms with Crippen LogP contribution < -0.4 is 4.90 Å². The van der Waals surface area contributed by atoms with Gasteiger partial charge in [-0.3, -0.25) is 9.36 Å². The molecule has 0 saturated heterocycles. The summed E-state index contributed by atoms with van der Waals surface area (Å²) in [7, 11) is 0. The quantitative estimate of drug-likeness (QED) is 0.647. The molecule has 1 aromatic heterocycles. The van der Waals surface area contributed by atoms with Gasteiger partial charge < -0.3 is 4.90 Å². The van der Waals surface area contributed by atoms with E-state index in [-0.39, 0.29) is 11.7 Å². The zero-order chi connectivity index (χ0) is 18.1. The van der Waals surface area contributed by atoms with Crippen LogP contribution in [0.25, 0.3) is 5.69 Å². The molecule has 0 fully saturated rings. The van der Waals surface area contributed by atoms with Crippen LogP contribution in [0.3, 0.4) is 0 Å². The topological polar surface area (TPSA) is 38.1 Å². The fourth-order valence-corrected chi connectivity index (χ4v) is 3.90. The van der Waals surface area contributed by atoms with Gasteiger partial charge in [0.25, 0.3) is 5.91 Å². The van der Waals surface area contributed by atoms with Crippen molar-refractivity contribution in [2.24, 2.45) is 0 Å². The van der Waals surface area contributed by atoms with Gasteiger partial charge in [0.1, 0.15) is 11.5 Å². The van der Waals surface area contributed by atoms with Gasteiger partial charge in [0.05, 0.1) is 11.9 Å². The van der Waals surface area contributed by atoms with Crippen LogP contribution in [0.15, 0.2) is 59.9 Å². The number of amides is 1. The maximum Gasteiger partial charge on any atom is 0.276 e. The lowest BCUT2D eigenvalue weighted by atomic mass is 10.0. The standard InChI is InChI=1S/C20H18FN3OS/c1-26-20-22-13-18(24(20)16-7-3-2-4-8-16)19(25)23-11-5-6-14-9-10-15(21)12-17(14)23/h2-4,7-10,12-13H,5-6,11H2,1H3. The molecule has 1 aliphatic rings. The van der Waals surface area contributed by atoms with Crippen molar-refractivity contribution in [2.75, 3.05) is 17.7 Å². The fourth-order valence-electron chi connectivity index (χ4n) is 3.35. The van der Waals surface area contributed by atoms with E-state index >= 15 is 0 Å². The Labute approximate surface area is 155 Å². The van der Waals surface area contributed by atoms with Crippen molar-refractivity contribution < 1.29 is 9.18 Å². The molecule has 2 aromatic carbocycles. The molecule has 4 rings (SSSR count). The molecule has 4 nitrogen and oxygen atoms in total. The molecular formula is C20H18FN3OS. The number of aromatic nitrogens is 2. The Hall–Kier alpha value is -2.60. The fraction of sp³-hybridized carbons (Fsp3) is 0.200. The van der Waals surface area contributed by atoms with E-state index in [9.17, 15) is 9.18 Å². The molecule has 1 aliphatic heterocycles. The third-order valence-electron chi connectivity index (χ3n) is 4.56. The predicted octanol–water partition coefficient (Wildman–Crippen LogP) is 4.33. The van der Waals surface area contributed by atoms with Gasteiger partial charge in [-0.15, -0.1) is 0 Å². The molecule has 0 radical (unpaired) electrons. The molecule has 26 heavy (non-hydrogen) atoms. The number of anilines is 1. The minimum absolute atomic E-state index is 0.159. The van der Waals surface area contributed by atoms with Crippen LogP contribution in [0.1, 0.15) is 22.5 Å². The first-order valence-electron chi connectivity index (χ1n) is 8.46. The Morgan fingerprint density at radius 2 is 2.00 bits per heavy atom. The second kappa shape index (κ2) is 6.96.